The second-order valence-corrected chi connectivity index (χ2v) is 9.37. The number of fused-ring (bicyclic) bond motifs is 1. The first kappa shape index (κ1) is 25.1. The summed E-state index contributed by atoms with van der Waals surface area (Å²) in [6, 6.07) is 15.7. The number of aryl methyl sites for hydroxylation is 1. The number of furan rings is 1. The fraction of sp³-hybridized carbons (Fsp3) is 0.160. The number of carbonyl (C=O) groups excluding carboxylic acids is 1. The molecule has 1 N–H and O–H groups in total. The van der Waals surface area contributed by atoms with Gasteiger partial charge in [0.05, 0.1) is 11.5 Å². The number of esters is 1. The molecule has 0 saturated carbocycles. The lowest BCUT2D eigenvalue weighted by Crippen LogP contribution is -2.16. The number of halogens is 3. The van der Waals surface area contributed by atoms with E-state index in [0.29, 0.717) is 27.7 Å². The summed E-state index contributed by atoms with van der Waals surface area (Å²) < 4.78 is 79.7. The summed E-state index contributed by atoms with van der Waals surface area (Å²) >= 11 is 0. The van der Waals surface area contributed by atoms with Gasteiger partial charge in [0.15, 0.2) is 0 Å². The number of carbonyl (C=O) groups is 1. The minimum absolute atomic E-state index is 0.0144. The Hall–Kier alpha value is -3.99. The van der Waals surface area contributed by atoms with Crippen LogP contribution >= 0.6 is 0 Å². The molecule has 4 rings (SSSR count). The molecule has 1 heterocycles. The molecule has 11 heteroatoms. The molecule has 0 unspecified atom stereocenters. The molecule has 0 radical (unpaired) electrons. The van der Waals surface area contributed by atoms with Gasteiger partial charge in [-0.05, 0) is 67.4 Å². The van der Waals surface area contributed by atoms with Crippen molar-refractivity contribution in [3.8, 4) is 16.9 Å². The van der Waals surface area contributed by atoms with Crippen LogP contribution in [-0.4, -0.2) is 27.4 Å². The van der Waals surface area contributed by atoms with E-state index in [4.69, 9.17) is 9.15 Å². The Kier molecular flexibility index (Phi) is 6.68. The van der Waals surface area contributed by atoms with Crippen LogP contribution in [0.5, 0.6) is 5.75 Å². The monoisotopic (exact) mass is 519 g/mol. The number of benzene rings is 3. The molecule has 0 atom stereocenters. The molecule has 0 aliphatic rings. The van der Waals surface area contributed by atoms with Crippen molar-refractivity contribution in [2.24, 2.45) is 0 Å². The molecule has 1 aromatic heterocycles. The summed E-state index contributed by atoms with van der Waals surface area (Å²) in [6.07, 6.45) is -4.78. The second kappa shape index (κ2) is 9.57. The van der Waals surface area contributed by atoms with Crippen molar-refractivity contribution in [1.29, 1.82) is 0 Å². The molecule has 0 aliphatic heterocycles. The van der Waals surface area contributed by atoms with Gasteiger partial charge in [-0.1, -0.05) is 24.3 Å². The van der Waals surface area contributed by atoms with Crippen molar-refractivity contribution in [2.75, 3.05) is 11.3 Å². The van der Waals surface area contributed by atoms with Crippen LogP contribution in [0.15, 0.2) is 76.0 Å². The highest BCUT2D eigenvalue weighted by Crippen LogP contribution is 2.30. The zero-order valence-corrected chi connectivity index (χ0v) is 19.9. The van der Waals surface area contributed by atoms with Gasteiger partial charge in [-0.2, -0.15) is 0 Å². The van der Waals surface area contributed by atoms with Crippen molar-refractivity contribution in [3.63, 3.8) is 0 Å². The molecule has 188 valence electrons. The Labute approximate surface area is 204 Å². The normalized spacial score (nSPS) is 11.9. The molecule has 36 heavy (non-hydrogen) atoms. The highest BCUT2D eigenvalue weighted by molar-refractivity contribution is 7.92. The highest BCUT2D eigenvalue weighted by atomic mass is 32.2. The van der Waals surface area contributed by atoms with Crippen LogP contribution in [0.2, 0.25) is 0 Å². The lowest BCUT2D eigenvalue weighted by atomic mass is 10.1. The average molecular weight is 519 g/mol. The van der Waals surface area contributed by atoms with Crippen molar-refractivity contribution in [1.82, 2.24) is 0 Å². The molecule has 0 amide bonds. The van der Waals surface area contributed by atoms with Gasteiger partial charge in [0, 0.05) is 16.6 Å². The first-order valence-corrected chi connectivity index (χ1v) is 12.1. The maximum atomic E-state index is 12.9. The van der Waals surface area contributed by atoms with Gasteiger partial charge >= 0.3 is 12.3 Å². The molecule has 4 aromatic rings. The van der Waals surface area contributed by atoms with Gasteiger partial charge in [-0.25, -0.2) is 13.2 Å². The van der Waals surface area contributed by atoms with Gasteiger partial charge in [0.25, 0.3) is 10.0 Å². The van der Waals surface area contributed by atoms with Crippen LogP contribution in [0, 0.1) is 6.92 Å². The van der Waals surface area contributed by atoms with Crippen LogP contribution in [0.4, 0.5) is 18.9 Å². The topological polar surface area (TPSA) is 94.8 Å². The molecular formula is C25H20F3NO6S. The van der Waals surface area contributed by atoms with E-state index in [0.717, 1.165) is 0 Å². The Balaban J connectivity index is 1.53. The Morgan fingerprint density at radius 1 is 0.972 bits per heavy atom. The minimum atomic E-state index is -4.78. The Bertz CT molecular complexity index is 1510. The van der Waals surface area contributed by atoms with E-state index in [9.17, 15) is 26.4 Å². The van der Waals surface area contributed by atoms with Crippen molar-refractivity contribution >= 4 is 32.6 Å². The molecule has 7 nitrogen and oxygen atoms in total. The van der Waals surface area contributed by atoms with E-state index < -0.39 is 22.4 Å². The van der Waals surface area contributed by atoms with E-state index in [2.05, 4.69) is 9.46 Å². The predicted octanol–water partition coefficient (Wildman–Crippen LogP) is 6.28. The van der Waals surface area contributed by atoms with Crippen LogP contribution in [0.1, 0.15) is 23.0 Å². The SMILES string of the molecule is CCOC(=O)c1oc2ccc(NS(=O)(=O)c3ccc(-c4ccc(OC(F)(F)F)cc4)cc3)cc2c1C. The van der Waals surface area contributed by atoms with Gasteiger partial charge in [0.2, 0.25) is 5.76 Å². The fourth-order valence-electron chi connectivity index (χ4n) is 3.57. The van der Waals surface area contributed by atoms with Crippen LogP contribution in [0.3, 0.4) is 0 Å². The van der Waals surface area contributed by atoms with Crippen molar-refractivity contribution in [3.05, 3.63) is 78.1 Å². The quantitative estimate of drug-likeness (QED) is 0.289. The number of nitrogens with one attached hydrogen (secondary N) is 1. The summed E-state index contributed by atoms with van der Waals surface area (Å²) in [7, 11) is -3.96. The largest absolute Gasteiger partial charge is 0.573 e. The minimum Gasteiger partial charge on any atom is -0.460 e. The number of ether oxygens (including phenoxy) is 2. The Morgan fingerprint density at radius 3 is 2.17 bits per heavy atom. The van der Waals surface area contributed by atoms with Gasteiger partial charge in [-0.15, -0.1) is 13.2 Å². The molecular weight excluding hydrogens is 499 g/mol. The molecule has 0 spiro atoms. The van der Waals surface area contributed by atoms with Crippen molar-refractivity contribution < 1.29 is 40.3 Å². The molecule has 0 bridgehead atoms. The van der Waals surface area contributed by atoms with E-state index >= 15 is 0 Å². The van der Waals surface area contributed by atoms with E-state index in [-0.39, 0.29) is 28.7 Å². The van der Waals surface area contributed by atoms with E-state index in [1.807, 2.05) is 0 Å². The molecule has 0 fully saturated rings. The predicted molar refractivity (Wildman–Crippen MR) is 126 cm³/mol. The zero-order chi connectivity index (χ0) is 26.1. The number of rotatable bonds is 7. The summed E-state index contributed by atoms with van der Waals surface area (Å²) in [5.74, 6) is -0.898. The maximum Gasteiger partial charge on any atom is 0.573 e. The third-order valence-electron chi connectivity index (χ3n) is 5.24. The summed E-state index contributed by atoms with van der Waals surface area (Å²) in [6.45, 7) is 3.55. The van der Waals surface area contributed by atoms with Gasteiger partial charge in [-0.3, -0.25) is 4.72 Å². The number of alkyl halides is 3. The summed E-state index contributed by atoms with van der Waals surface area (Å²) in [5.41, 5.74) is 2.40. The number of hydrogen-bond acceptors (Lipinski definition) is 6. The molecule has 0 saturated heterocycles. The average Bonchev–Trinajstić information content (AvgIpc) is 3.15. The lowest BCUT2D eigenvalue weighted by molar-refractivity contribution is -0.274. The third-order valence-corrected chi connectivity index (χ3v) is 6.63. The fourth-order valence-corrected chi connectivity index (χ4v) is 4.61. The highest BCUT2D eigenvalue weighted by Gasteiger charge is 2.31. The van der Waals surface area contributed by atoms with Gasteiger partial charge < -0.3 is 13.9 Å². The first-order valence-electron chi connectivity index (χ1n) is 10.7. The van der Waals surface area contributed by atoms with E-state index in [1.54, 1.807) is 38.1 Å². The zero-order valence-electron chi connectivity index (χ0n) is 19.0. The lowest BCUT2D eigenvalue weighted by Gasteiger charge is -2.10. The van der Waals surface area contributed by atoms with Crippen LogP contribution in [0.25, 0.3) is 22.1 Å². The third kappa shape index (κ3) is 5.46. The standard InChI is InChI=1S/C25H20F3NO6S/c1-3-33-24(30)23-15(2)21-14-18(8-13-22(21)34-23)29-36(31,32)20-11-6-17(7-12-20)16-4-9-19(10-5-16)35-25(26,27)28/h4-14,29H,3H2,1-2H3. The van der Waals surface area contributed by atoms with Gasteiger partial charge in [0.1, 0.15) is 11.3 Å². The van der Waals surface area contributed by atoms with E-state index in [1.165, 1.54) is 42.5 Å². The maximum absolute atomic E-state index is 12.9. The first-order chi connectivity index (χ1) is 17.0. The number of sulfonamides is 1. The molecule has 3 aromatic carbocycles. The number of anilines is 1. The van der Waals surface area contributed by atoms with Crippen LogP contribution < -0.4 is 9.46 Å². The number of hydrogen-bond donors (Lipinski definition) is 1. The second-order valence-electron chi connectivity index (χ2n) is 7.69. The smallest absolute Gasteiger partial charge is 0.460 e. The molecule has 0 aliphatic carbocycles. The summed E-state index contributed by atoms with van der Waals surface area (Å²) in [4.78, 5) is 12.0. The Morgan fingerprint density at radius 2 is 1.58 bits per heavy atom. The van der Waals surface area contributed by atoms with Crippen molar-refractivity contribution in [2.45, 2.75) is 25.1 Å². The van der Waals surface area contributed by atoms with Crippen LogP contribution in [-0.2, 0) is 14.8 Å². The summed E-state index contributed by atoms with van der Waals surface area (Å²) in [5, 5.41) is 0.562.